The third kappa shape index (κ3) is 2.95. The molecule has 2 aromatic rings. The second-order valence-corrected chi connectivity index (χ2v) is 6.79. The summed E-state index contributed by atoms with van der Waals surface area (Å²) in [5.41, 5.74) is 4.06. The Morgan fingerprint density at radius 2 is 2.09 bits per heavy atom. The fraction of sp³-hybridized carbons (Fsp3) is 0.474. The first-order valence-electron chi connectivity index (χ1n) is 8.64. The molecule has 1 amide bonds. The fourth-order valence-electron chi connectivity index (χ4n) is 3.34. The van der Waals surface area contributed by atoms with E-state index in [1.807, 2.05) is 4.90 Å². The van der Waals surface area contributed by atoms with Gasteiger partial charge in [0, 0.05) is 36.6 Å². The van der Waals surface area contributed by atoms with Crippen molar-refractivity contribution < 1.29 is 4.79 Å². The van der Waals surface area contributed by atoms with Crippen LogP contribution in [0.4, 0.5) is 0 Å². The molecule has 2 heterocycles. The maximum Gasteiger partial charge on any atom is 0.254 e. The van der Waals surface area contributed by atoms with Crippen LogP contribution in [0.3, 0.4) is 0 Å². The maximum absolute atomic E-state index is 13.1. The summed E-state index contributed by atoms with van der Waals surface area (Å²) in [5.74, 6) is 0.714. The van der Waals surface area contributed by atoms with Crippen LogP contribution in [-0.4, -0.2) is 42.0 Å². The van der Waals surface area contributed by atoms with E-state index < -0.39 is 0 Å². The van der Waals surface area contributed by atoms with Gasteiger partial charge in [-0.2, -0.15) is 0 Å². The van der Waals surface area contributed by atoms with Gasteiger partial charge in [-0.25, -0.2) is 0 Å². The Morgan fingerprint density at radius 3 is 2.91 bits per heavy atom. The van der Waals surface area contributed by atoms with Crippen molar-refractivity contribution in [2.45, 2.75) is 32.1 Å². The van der Waals surface area contributed by atoms with E-state index in [4.69, 9.17) is 4.98 Å². The number of fused-ring (bicyclic) bond motifs is 1. The van der Waals surface area contributed by atoms with Crippen molar-refractivity contribution in [2.75, 3.05) is 26.2 Å². The molecule has 120 valence electrons. The second-order valence-electron chi connectivity index (χ2n) is 6.79. The van der Waals surface area contributed by atoms with Gasteiger partial charge in [-0.3, -0.25) is 9.78 Å². The Morgan fingerprint density at radius 1 is 1.22 bits per heavy atom. The van der Waals surface area contributed by atoms with Crippen LogP contribution in [0.1, 0.15) is 46.8 Å². The lowest BCUT2D eigenvalue weighted by Gasteiger charge is -2.21. The minimum absolute atomic E-state index is 0.161. The van der Waals surface area contributed by atoms with E-state index in [0.717, 1.165) is 54.8 Å². The highest BCUT2D eigenvalue weighted by Gasteiger charge is 2.28. The largest absolute Gasteiger partial charge is 0.337 e. The van der Waals surface area contributed by atoms with Crippen molar-refractivity contribution >= 4 is 16.8 Å². The molecule has 2 fully saturated rings. The summed E-state index contributed by atoms with van der Waals surface area (Å²) in [5, 5.41) is 4.36. The highest BCUT2D eigenvalue weighted by Crippen LogP contribution is 2.40. The normalized spacial score (nSPS) is 18.9. The topological polar surface area (TPSA) is 45.2 Å². The van der Waals surface area contributed by atoms with E-state index in [-0.39, 0.29) is 5.91 Å². The van der Waals surface area contributed by atoms with Gasteiger partial charge >= 0.3 is 0 Å². The number of carbonyl (C=O) groups excluding carboxylic acids is 1. The first kappa shape index (κ1) is 14.6. The molecular formula is C19H23N3O. The van der Waals surface area contributed by atoms with Crippen molar-refractivity contribution in [3.63, 3.8) is 0 Å². The second kappa shape index (κ2) is 5.93. The molecule has 1 saturated heterocycles. The van der Waals surface area contributed by atoms with Gasteiger partial charge in [0.05, 0.1) is 11.1 Å². The molecule has 0 spiro atoms. The van der Waals surface area contributed by atoms with E-state index in [1.165, 1.54) is 18.4 Å². The van der Waals surface area contributed by atoms with Crippen LogP contribution < -0.4 is 5.32 Å². The molecular weight excluding hydrogens is 286 g/mol. The first-order valence-corrected chi connectivity index (χ1v) is 8.64. The van der Waals surface area contributed by atoms with Crippen molar-refractivity contribution in [3.8, 4) is 0 Å². The molecule has 1 saturated carbocycles. The van der Waals surface area contributed by atoms with Crippen molar-refractivity contribution in [1.29, 1.82) is 0 Å². The lowest BCUT2D eigenvalue weighted by molar-refractivity contribution is 0.0768. The van der Waals surface area contributed by atoms with Crippen LogP contribution in [0.2, 0.25) is 0 Å². The highest BCUT2D eigenvalue weighted by molar-refractivity contribution is 6.06. The van der Waals surface area contributed by atoms with Gasteiger partial charge in [-0.1, -0.05) is 11.6 Å². The van der Waals surface area contributed by atoms with Crippen LogP contribution in [0.25, 0.3) is 10.9 Å². The summed E-state index contributed by atoms with van der Waals surface area (Å²) < 4.78 is 0. The minimum Gasteiger partial charge on any atom is -0.337 e. The molecule has 1 aromatic heterocycles. The van der Waals surface area contributed by atoms with Crippen molar-refractivity contribution in [1.82, 2.24) is 15.2 Å². The van der Waals surface area contributed by atoms with E-state index in [2.05, 4.69) is 36.5 Å². The molecule has 0 atom stereocenters. The summed E-state index contributed by atoms with van der Waals surface area (Å²) in [6.07, 6.45) is 3.42. The molecule has 4 nitrogen and oxygen atoms in total. The number of benzene rings is 1. The molecule has 4 rings (SSSR count). The fourth-order valence-corrected chi connectivity index (χ4v) is 3.34. The zero-order chi connectivity index (χ0) is 15.8. The van der Waals surface area contributed by atoms with E-state index >= 15 is 0 Å². The summed E-state index contributed by atoms with van der Waals surface area (Å²) in [6, 6.07) is 8.29. The zero-order valence-electron chi connectivity index (χ0n) is 13.6. The summed E-state index contributed by atoms with van der Waals surface area (Å²) >= 11 is 0. The van der Waals surface area contributed by atoms with Crippen molar-refractivity contribution in [3.05, 3.63) is 41.1 Å². The number of carbonyl (C=O) groups is 1. The van der Waals surface area contributed by atoms with Crippen LogP contribution >= 0.6 is 0 Å². The average Bonchev–Trinajstić information content (AvgIpc) is 3.39. The first-order chi connectivity index (χ1) is 11.2. The summed E-state index contributed by atoms with van der Waals surface area (Å²) in [6.45, 7) is 5.56. The van der Waals surface area contributed by atoms with E-state index in [9.17, 15) is 4.79 Å². The zero-order valence-corrected chi connectivity index (χ0v) is 13.6. The third-order valence-corrected chi connectivity index (χ3v) is 4.84. The Labute approximate surface area is 136 Å². The van der Waals surface area contributed by atoms with Crippen LogP contribution in [-0.2, 0) is 0 Å². The number of nitrogens with zero attached hydrogens (tertiary/aromatic N) is 2. The lowest BCUT2D eigenvalue weighted by atomic mass is 10.0. The molecule has 4 heteroatoms. The lowest BCUT2D eigenvalue weighted by Crippen LogP contribution is -2.34. The Kier molecular flexibility index (Phi) is 3.77. The van der Waals surface area contributed by atoms with Gasteiger partial charge in [0.25, 0.3) is 5.91 Å². The van der Waals surface area contributed by atoms with E-state index in [1.54, 1.807) is 0 Å². The van der Waals surface area contributed by atoms with Gasteiger partial charge < -0.3 is 10.2 Å². The molecule has 0 unspecified atom stereocenters. The Balaban J connectivity index is 1.79. The third-order valence-electron chi connectivity index (χ3n) is 4.84. The molecule has 0 bridgehead atoms. The number of rotatable bonds is 2. The Bertz CT molecular complexity index is 744. The summed E-state index contributed by atoms with van der Waals surface area (Å²) in [4.78, 5) is 19.9. The number of pyridine rings is 1. The van der Waals surface area contributed by atoms with Gasteiger partial charge in [-0.05, 0) is 50.9 Å². The Hall–Kier alpha value is -1.94. The monoisotopic (exact) mass is 309 g/mol. The quantitative estimate of drug-likeness (QED) is 0.928. The molecule has 2 aliphatic rings. The highest BCUT2D eigenvalue weighted by atomic mass is 16.2. The number of aromatic nitrogens is 1. The van der Waals surface area contributed by atoms with Crippen LogP contribution in [0, 0.1) is 6.92 Å². The average molecular weight is 309 g/mol. The molecule has 1 aliphatic heterocycles. The minimum atomic E-state index is 0.161. The van der Waals surface area contributed by atoms with Gasteiger partial charge in [0.15, 0.2) is 0 Å². The molecule has 23 heavy (non-hydrogen) atoms. The van der Waals surface area contributed by atoms with E-state index in [0.29, 0.717) is 5.92 Å². The molecule has 1 aliphatic carbocycles. The van der Waals surface area contributed by atoms with Gasteiger partial charge in [0.1, 0.15) is 0 Å². The molecule has 1 aromatic carbocycles. The number of aryl methyl sites for hydroxylation is 1. The van der Waals surface area contributed by atoms with Crippen molar-refractivity contribution in [2.24, 2.45) is 0 Å². The standard InChI is InChI=1S/C19H23N3O/c1-13-3-6-17-15(11-13)16(12-18(21-17)14-4-5-14)19(23)22-9-2-7-20-8-10-22/h3,6,11-12,14,20H,2,4-5,7-10H2,1H3. The van der Waals surface area contributed by atoms with Gasteiger partial charge in [-0.15, -0.1) is 0 Å². The number of nitrogens with one attached hydrogen (secondary N) is 1. The SMILES string of the molecule is Cc1ccc2nc(C3CC3)cc(C(=O)N3CCCNCC3)c2c1. The predicted octanol–water partition coefficient (Wildman–Crippen LogP) is 2.86. The number of hydrogen-bond acceptors (Lipinski definition) is 3. The van der Waals surface area contributed by atoms with Crippen LogP contribution in [0.5, 0.6) is 0 Å². The molecule has 0 radical (unpaired) electrons. The number of hydrogen-bond donors (Lipinski definition) is 1. The maximum atomic E-state index is 13.1. The van der Waals surface area contributed by atoms with Gasteiger partial charge in [0.2, 0.25) is 0 Å². The smallest absolute Gasteiger partial charge is 0.254 e. The predicted molar refractivity (Wildman–Crippen MR) is 91.8 cm³/mol. The van der Waals surface area contributed by atoms with Crippen LogP contribution in [0.15, 0.2) is 24.3 Å². The summed E-state index contributed by atoms with van der Waals surface area (Å²) in [7, 11) is 0. The molecule has 1 N–H and O–H groups in total. The number of amides is 1.